The van der Waals surface area contributed by atoms with Crippen molar-refractivity contribution in [2.45, 2.75) is 13.2 Å². The molecule has 0 aliphatic heterocycles. The van der Waals surface area contributed by atoms with Gasteiger partial charge >= 0.3 is 0 Å². The average Bonchev–Trinajstić information content (AvgIpc) is 3.46. The Morgan fingerprint density at radius 1 is 0.833 bits per heavy atom. The van der Waals surface area contributed by atoms with Gasteiger partial charge in [0.1, 0.15) is 18.1 Å². The van der Waals surface area contributed by atoms with E-state index in [9.17, 15) is 0 Å². The fraction of sp³-hybridized carbons (Fsp3) is 0.0800. The number of imidazole rings is 1. The molecule has 0 saturated carbocycles. The van der Waals surface area contributed by atoms with Crippen LogP contribution in [-0.2, 0) is 13.2 Å². The molecule has 0 aliphatic rings. The van der Waals surface area contributed by atoms with Crippen LogP contribution in [0.4, 0.5) is 5.82 Å². The van der Waals surface area contributed by atoms with Crippen molar-refractivity contribution in [2.75, 3.05) is 5.32 Å². The molecule has 5 rings (SSSR count). The van der Waals surface area contributed by atoms with Gasteiger partial charge in [0.15, 0.2) is 11.4 Å². The van der Waals surface area contributed by atoms with Crippen molar-refractivity contribution in [1.82, 2.24) is 9.38 Å². The number of hydrogen-bond acceptors (Lipinski definition) is 4. The molecule has 0 amide bonds. The maximum Gasteiger partial charge on any atom is 0.182 e. The lowest BCUT2D eigenvalue weighted by Gasteiger charge is -2.10. The van der Waals surface area contributed by atoms with Gasteiger partial charge in [-0.25, -0.2) is 4.98 Å². The Kier molecular flexibility index (Phi) is 5.19. The van der Waals surface area contributed by atoms with E-state index in [1.165, 1.54) is 5.56 Å². The van der Waals surface area contributed by atoms with E-state index in [0.29, 0.717) is 6.61 Å². The molecule has 3 aromatic heterocycles. The second-order valence-corrected chi connectivity index (χ2v) is 7.91. The second kappa shape index (κ2) is 8.43. The minimum absolute atomic E-state index is 0.508. The lowest BCUT2D eigenvalue weighted by atomic mass is 10.2. The Morgan fingerprint density at radius 3 is 2.33 bits per heavy atom. The first-order valence-corrected chi connectivity index (χ1v) is 10.8. The molecule has 0 fully saturated rings. The number of hydrogen-bond donors (Lipinski definition) is 1. The summed E-state index contributed by atoms with van der Waals surface area (Å²) in [6.07, 6.45) is 2.03. The Hall–Kier alpha value is -3.57. The zero-order valence-corrected chi connectivity index (χ0v) is 17.2. The molecule has 5 heteroatoms. The molecule has 0 atom stereocenters. The van der Waals surface area contributed by atoms with Gasteiger partial charge in [-0.1, -0.05) is 66.7 Å². The fourth-order valence-electron chi connectivity index (χ4n) is 3.43. The van der Waals surface area contributed by atoms with Gasteiger partial charge in [-0.15, -0.1) is 11.3 Å². The van der Waals surface area contributed by atoms with Crippen LogP contribution in [0.2, 0.25) is 0 Å². The summed E-state index contributed by atoms with van der Waals surface area (Å²) in [6.45, 7) is 1.23. The predicted octanol–water partition coefficient (Wildman–Crippen LogP) is 6.25. The highest BCUT2D eigenvalue weighted by Gasteiger charge is 2.17. The van der Waals surface area contributed by atoms with E-state index in [2.05, 4.69) is 63.6 Å². The Labute approximate surface area is 179 Å². The van der Waals surface area contributed by atoms with Gasteiger partial charge in [0.05, 0.1) is 4.88 Å². The number of nitrogens with zero attached hydrogens (tertiary/aromatic N) is 2. The molecule has 0 spiro atoms. The number of benzene rings is 2. The zero-order valence-electron chi connectivity index (χ0n) is 16.4. The third kappa shape index (κ3) is 3.80. The number of thiophene rings is 1. The van der Waals surface area contributed by atoms with E-state index in [1.54, 1.807) is 11.3 Å². The first-order chi connectivity index (χ1) is 14.9. The monoisotopic (exact) mass is 411 g/mol. The fourth-order valence-corrected chi connectivity index (χ4v) is 4.14. The highest BCUT2D eigenvalue weighted by atomic mass is 32.1. The van der Waals surface area contributed by atoms with Gasteiger partial charge in [-0.2, -0.15) is 0 Å². The standard InChI is InChI=1S/C25H21N3OS/c1-3-9-19(10-4-1)17-26-25-23(22-14-8-16-30-22)27-24-21(13-7-15-28(24)25)29-18-20-11-5-2-6-12-20/h1-16,26H,17-18H2. The minimum atomic E-state index is 0.508. The molecular weight excluding hydrogens is 390 g/mol. The topological polar surface area (TPSA) is 38.6 Å². The summed E-state index contributed by atoms with van der Waals surface area (Å²) in [6, 6.07) is 28.7. The number of nitrogens with one attached hydrogen (secondary N) is 1. The number of anilines is 1. The molecule has 0 bridgehead atoms. The molecule has 3 heterocycles. The SMILES string of the molecule is c1ccc(CNc2c(-c3cccs3)nc3c(OCc4ccccc4)cccn23)cc1. The molecule has 5 aromatic rings. The summed E-state index contributed by atoms with van der Waals surface area (Å²) < 4.78 is 8.23. The highest BCUT2D eigenvalue weighted by molar-refractivity contribution is 7.13. The molecular formula is C25H21N3OS. The van der Waals surface area contributed by atoms with Crippen LogP contribution in [0.5, 0.6) is 5.75 Å². The first-order valence-electron chi connectivity index (χ1n) is 9.88. The summed E-state index contributed by atoms with van der Waals surface area (Å²) >= 11 is 1.69. The normalized spacial score (nSPS) is 10.9. The molecule has 30 heavy (non-hydrogen) atoms. The van der Waals surface area contributed by atoms with Crippen LogP contribution in [0.1, 0.15) is 11.1 Å². The third-order valence-corrected chi connectivity index (χ3v) is 5.79. The predicted molar refractivity (Wildman–Crippen MR) is 123 cm³/mol. The lowest BCUT2D eigenvalue weighted by molar-refractivity contribution is 0.308. The van der Waals surface area contributed by atoms with Gasteiger partial charge < -0.3 is 10.1 Å². The quantitative estimate of drug-likeness (QED) is 0.344. The number of pyridine rings is 1. The maximum atomic E-state index is 6.15. The van der Waals surface area contributed by atoms with E-state index in [1.807, 2.05) is 42.6 Å². The Bertz CT molecular complexity index is 1230. The van der Waals surface area contributed by atoms with E-state index < -0.39 is 0 Å². The first kappa shape index (κ1) is 18.5. The highest BCUT2D eigenvalue weighted by Crippen LogP contribution is 2.35. The van der Waals surface area contributed by atoms with E-state index in [0.717, 1.165) is 39.9 Å². The Morgan fingerprint density at radius 2 is 1.60 bits per heavy atom. The van der Waals surface area contributed by atoms with Crippen LogP contribution >= 0.6 is 11.3 Å². The van der Waals surface area contributed by atoms with Crippen molar-refractivity contribution >= 4 is 22.8 Å². The second-order valence-electron chi connectivity index (χ2n) is 6.97. The van der Waals surface area contributed by atoms with Gasteiger partial charge in [0.25, 0.3) is 0 Å². The number of ether oxygens (including phenoxy) is 1. The van der Waals surface area contributed by atoms with Crippen LogP contribution in [0, 0.1) is 0 Å². The van der Waals surface area contributed by atoms with Gasteiger partial charge in [-0.05, 0) is 34.7 Å². The van der Waals surface area contributed by atoms with Crippen molar-refractivity contribution in [3.63, 3.8) is 0 Å². The van der Waals surface area contributed by atoms with Crippen molar-refractivity contribution < 1.29 is 4.74 Å². The maximum absolute atomic E-state index is 6.15. The molecule has 0 radical (unpaired) electrons. The van der Waals surface area contributed by atoms with Crippen LogP contribution in [0.25, 0.3) is 16.2 Å². The summed E-state index contributed by atoms with van der Waals surface area (Å²) in [5, 5.41) is 5.67. The summed E-state index contributed by atoms with van der Waals surface area (Å²) in [7, 11) is 0. The molecule has 0 aliphatic carbocycles. The van der Waals surface area contributed by atoms with Gasteiger partial charge in [0, 0.05) is 12.7 Å². The van der Waals surface area contributed by atoms with Gasteiger partial charge in [-0.3, -0.25) is 4.40 Å². The molecule has 2 aromatic carbocycles. The molecule has 1 N–H and O–H groups in total. The zero-order chi connectivity index (χ0) is 20.2. The molecule has 4 nitrogen and oxygen atoms in total. The summed E-state index contributed by atoms with van der Waals surface area (Å²) in [5.74, 6) is 1.74. The van der Waals surface area contributed by atoms with Crippen molar-refractivity contribution in [3.05, 3.63) is 108 Å². The molecule has 0 saturated heterocycles. The third-order valence-electron chi connectivity index (χ3n) is 4.91. The van der Waals surface area contributed by atoms with Crippen LogP contribution in [0.3, 0.4) is 0 Å². The summed E-state index contributed by atoms with van der Waals surface area (Å²) in [4.78, 5) is 6.09. The van der Waals surface area contributed by atoms with E-state index in [-0.39, 0.29) is 0 Å². The van der Waals surface area contributed by atoms with Crippen molar-refractivity contribution in [2.24, 2.45) is 0 Å². The number of aromatic nitrogens is 2. The number of rotatable bonds is 7. The minimum Gasteiger partial charge on any atom is -0.485 e. The van der Waals surface area contributed by atoms with Crippen LogP contribution in [-0.4, -0.2) is 9.38 Å². The lowest BCUT2D eigenvalue weighted by Crippen LogP contribution is -2.03. The van der Waals surface area contributed by atoms with Crippen LogP contribution in [0.15, 0.2) is 96.5 Å². The van der Waals surface area contributed by atoms with Crippen molar-refractivity contribution in [3.8, 4) is 16.3 Å². The van der Waals surface area contributed by atoms with E-state index >= 15 is 0 Å². The van der Waals surface area contributed by atoms with E-state index in [4.69, 9.17) is 9.72 Å². The average molecular weight is 412 g/mol. The van der Waals surface area contributed by atoms with Gasteiger partial charge in [0.2, 0.25) is 0 Å². The smallest absolute Gasteiger partial charge is 0.182 e. The van der Waals surface area contributed by atoms with Crippen molar-refractivity contribution in [1.29, 1.82) is 0 Å². The largest absolute Gasteiger partial charge is 0.485 e. The molecule has 0 unspecified atom stereocenters. The summed E-state index contributed by atoms with van der Waals surface area (Å²) in [5.41, 5.74) is 4.11. The van der Waals surface area contributed by atoms with Crippen LogP contribution < -0.4 is 10.1 Å². The Balaban J connectivity index is 1.51. The number of fused-ring (bicyclic) bond motifs is 1. The molecule has 148 valence electrons.